The molecule has 1 rings (SSSR count). The number of urea groups is 1. The van der Waals surface area contributed by atoms with Crippen LogP contribution in [0.4, 0.5) is 4.79 Å². The van der Waals surface area contributed by atoms with E-state index in [1.54, 1.807) is 0 Å². The summed E-state index contributed by atoms with van der Waals surface area (Å²) >= 11 is 0. The van der Waals surface area contributed by atoms with Crippen LogP contribution in [-0.2, 0) is 0 Å². The van der Waals surface area contributed by atoms with Gasteiger partial charge < -0.3 is 5.73 Å². The van der Waals surface area contributed by atoms with E-state index in [0.29, 0.717) is 11.3 Å². The number of nitrogens with two attached hydrogens (primary N) is 1. The van der Waals surface area contributed by atoms with E-state index in [0.717, 1.165) is 18.6 Å². The molecular weight excluding hydrogens is 226 g/mol. The fourth-order valence-corrected chi connectivity index (χ4v) is 2.78. The van der Waals surface area contributed by atoms with Crippen molar-refractivity contribution in [3.8, 4) is 0 Å². The Morgan fingerprint density at radius 3 is 2.83 bits per heavy atom. The first-order chi connectivity index (χ1) is 8.33. The number of hydrogen-bond donors (Lipinski definition) is 2. The summed E-state index contributed by atoms with van der Waals surface area (Å²) in [6, 6.07) is -0.608. The highest BCUT2D eigenvalue weighted by Gasteiger charge is 2.32. The molecule has 0 aliphatic heterocycles. The first kappa shape index (κ1) is 14.7. The number of nitrogens with one attached hydrogen (secondary N) is 1. The summed E-state index contributed by atoms with van der Waals surface area (Å²) in [5.41, 5.74) is 10.0. The van der Waals surface area contributed by atoms with E-state index in [-0.39, 0.29) is 0 Å². The zero-order valence-corrected chi connectivity index (χ0v) is 11.9. The van der Waals surface area contributed by atoms with E-state index in [1.165, 1.54) is 18.4 Å². The number of nitrogens with zero attached hydrogens (tertiary/aromatic N) is 1. The smallest absolute Gasteiger partial charge is 0.332 e. The van der Waals surface area contributed by atoms with Gasteiger partial charge in [0, 0.05) is 5.71 Å². The monoisotopic (exact) mass is 251 g/mol. The largest absolute Gasteiger partial charge is 0.350 e. The van der Waals surface area contributed by atoms with Crippen molar-refractivity contribution in [3.05, 3.63) is 11.6 Å². The van der Waals surface area contributed by atoms with Gasteiger partial charge in [-0.2, -0.15) is 5.10 Å². The number of rotatable bonds is 4. The molecule has 0 fully saturated rings. The number of carbonyl (C=O) groups is 1. The number of amides is 2. The molecule has 0 heterocycles. The Kier molecular flexibility index (Phi) is 4.93. The maximum Gasteiger partial charge on any atom is 0.332 e. The van der Waals surface area contributed by atoms with E-state index >= 15 is 0 Å². The highest BCUT2D eigenvalue weighted by atomic mass is 16.2. The van der Waals surface area contributed by atoms with Gasteiger partial charge in [0.1, 0.15) is 0 Å². The van der Waals surface area contributed by atoms with Crippen molar-refractivity contribution >= 4 is 11.7 Å². The molecule has 0 aromatic rings. The molecule has 0 spiro atoms. The molecule has 0 saturated carbocycles. The number of hydrogen-bond acceptors (Lipinski definition) is 2. The third kappa shape index (κ3) is 4.17. The van der Waals surface area contributed by atoms with Crippen LogP contribution in [0.3, 0.4) is 0 Å². The average molecular weight is 251 g/mol. The van der Waals surface area contributed by atoms with Gasteiger partial charge in [-0.25, -0.2) is 10.2 Å². The summed E-state index contributed by atoms with van der Waals surface area (Å²) in [6.45, 7) is 8.81. The zero-order valence-electron chi connectivity index (χ0n) is 11.9. The summed E-state index contributed by atoms with van der Waals surface area (Å²) < 4.78 is 0. The molecule has 0 aromatic heterocycles. The van der Waals surface area contributed by atoms with Gasteiger partial charge in [0.25, 0.3) is 0 Å². The molecule has 102 valence electrons. The minimum Gasteiger partial charge on any atom is -0.350 e. The molecule has 0 bridgehead atoms. The number of hydrazone groups is 1. The Balaban J connectivity index is 2.56. The van der Waals surface area contributed by atoms with Gasteiger partial charge in [-0.05, 0) is 50.9 Å². The van der Waals surface area contributed by atoms with Crippen LogP contribution >= 0.6 is 0 Å². The van der Waals surface area contributed by atoms with Gasteiger partial charge in [-0.15, -0.1) is 0 Å². The predicted molar refractivity (Wildman–Crippen MR) is 75.3 cm³/mol. The molecule has 4 heteroatoms. The van der Waals surface area contributed by atoms with Crippen molar-refractivity contribution in [1.29, 1.82) is 0 Å². The number of allylic oxidation sites excluding steroid dienone is 2. The normalized spacial score (nSPS) is 23.4. The maximum absolute atomic E-state index is 10.6. The summed E-state index contributed by atoms with van der Waals surface area (Å²) in [6.07, 6.45) is 6.74. The van der Waals surface area contributed by atoms with Crippen LogP contribution in [-0.4, -0.2) is 11.7 Å². The highest BCUT2D eigenvalue weighted by Crippen LogP contribution is 2.43. The Morgan fingerprint density at radius 2 is 2.28 bits per heavy atom. The summed E-state index contributed by atoms with van der Waals surface area (Å²) in [5, 5.41) is 3.95. The zero-order chi connectivity index (χ0) is 13.8. The summed E-state index contributed by atoms with van der Waals surface area (Å²) in [4.78, 5) is 10.6. The van der Waals surface area contributed by atoms with Crippen LogP contribution in [0, 0.1) is 11.3 Å². The van der Waals surface area contributed by atoms with Gasteiger partial charge >= 0.3 is 6.03 Å². The van der Waals surface area contributed by atoms with Crippen LogP contribution in [0.5, 0.6) is 0 Å². The minimum atomic E-state index is -0.608. The van der Waals surface area contributed by atoms with Crippen molar-refractivity contribution in [3.63, 3.8) is 0 Å². The molecule has 1 aliphatic carbocycles. The molecule has 0 unspecified atom stereocenters. The van der Waals surface area contributed by atoms with Crippen molar-refractivity contribution < 1.29 is 4.79 Å². The Labute approximate surface area is 110 Å². The Hall–Kier alpha value is -1.32. The van der Waals surface area contributed by atoms with Gasteiger partial charge in [0.2, 0.25) is 0 Å². The molecule has 4 nitrogen and oxygen atoms in total. The van der Waals surface area contributed by atoms with Crippen LogP contribution in [0.15, 0.2) is 16.8 Å². The van der Waals surface area contributed by atoms with Gasteiger partial charge in [-0.3, -0.25) is 0 Å². The third-order valence-corrected chi connectivity index (χ3v) is 3.90. The number of primary amides is 1. The fraction of sp³-hybridized carbons (Fsp3) is 0.714. The van der Waals surface area contributed by atoms with E-state index in [2.05, 4.69) is 37.4 Å². The average Bonchev–Trinajstić information content (AvgIpc) is 2.24. The molecule has 0 radical (unpaired) electrons. The highest BCUT2D eigenvalue weighted by molar-refractivity contribution is 5.83. The van der Waals surface area contributed by atoms with Crippen molar-refractivity contribution in [1.82, 2.24) is 5.43 Å². The van der Waals surface area contributed by atoms with Crippen LogP contribution in [0.25, 0.3) is 0 Å². The molecule has 0 aromatic carbocycles. The lowest BCUT2D eigenvalue weighted by Gasteiger charge is -2.38. The van der Waals surface area contributed by atoms with Crippen LogP contribution < -0.4 is 11.2 Å². The topological polar surface area (TPSA) is 67.5 Å². The first-order valence-corrected chi connectivity index (χ1v) is 6.58. The SMILES string of the molecule is CC1=CCCC(C)(C)[C@@H]1CC/C(C)=N/NC(N)=O. The molecule has 1 atom stereocenters. The van der Waals surface area contributed by atoms with Crippen LogP contribution in [0.2, 0.25) is 0 Å². The standard InChI is InChI=1S/C14H25N3O/c1-10-6-5-9-14(3,4)12(10)8-7-11(2)16-17-13(15)18/h6,12H,5,7-9H2,1-4H3,(H3,15,17,18)/b16-11+/t12-/m1/s1. The second kappa shape index (κ2) is 6.03. The van der Waals surface area contributed by atoms with Gasteiger partial charge in [-0.1, -0.05) is 25.5 Å². The third-order valence-electron chi connectivity index (χ3n) is 3.90. The van der Waals surface area contributed by atoms with E-state index in [1.807, 2.05) is 6.92 Å². The van der Waals surface area contributed by atoms with E-state index in [9.17, 15) is 4.79 Å². The maximum atomic E-state index is 10.6. The van der Waals surface area contributed by atoms with Gasteiger partial charge in [0.05, 0.1) is 0 Å². The lowest BCUT2D eigenvalue weighted by Crippen LogP contribution is -2.29. The summed E-state index contributed by atoms with van der Waals surface area (Å²) in [5.74, 6) is 0.602. The van der Waals surface area contributed by atoms with Crippen molar-refractivity contribution in [2.75, 3.05) is 0 Å². The number of carbonyl (C=O) groups excluding carboxylic acids is 1. The van der Waals surface area contributed by atoms with E-state index < -0.39 is 6.03 Å². The van der Waals surface area contributed by atoms with Gasteiger partial charge in [0.15, 0.2) is 0 Å². The lowest BCUT2D eigenvalue weighted by atomic mass is 9.67. The second-order valence-electron chi connectivity index (χ2n) is 5.89. The Bertz CT molecular complexity index is 369. The molecule has 0 saturated heterocycles. The quantitative estimate of drug-likeness (QED) is 0.450. The second-order valence-corrected chi connectivity index (χ2v) is 5.89. The summed E-state index contributed by atoms with van der Waals surface area (Å²) in [7, 11) is 0. The first-order valence-electron chi connectivity index (χ1n) is 6.58. The molecular formula is C14H25N3O. The van der Waals surface area contributed by atoms with Crippen molar-refractivity contribution in [2.45, 2.75) is 53.4 Å². The molecule has 1 aliphatic rings. The van der Waals surface area contributed by atoms with Crippen LogP contribution in [0.1, 0.15) is 53.4 Å². The van der Waals surface area contributed by atoms with E-state index in [4.69, 9.17) is 5.73 Å². The molecule has 3 N–H and O–H groups in total. The molecule has 18 heavy (non-hydrogen) atoms. The minimum absolute atomic E-state index is 0.357. The lowest BCUT2D eigenvalue weighted by molar-refractivity contribution is 0.206. The molecule has 2 amide bonds. The van der Waals surface area contributed by atoms with Crippen molar-refractivity contribution in [2.24, 2.45) is 22.2 Å². The Morgan fingerprint density at radius 1 is 1.61 bits per heavy atom. The predicted octanol–water partition coefficient (Wildman–Crippen LogP) is 3.19. The fourth-order valence-electron chi connectivity index (χ4n) is 2.78.